The van der Waals surface area contributed by atoms with Crippen LogP contribution in [0, 0.1) is 0 Å². The molecule has 4 aromatic heterocycles. The lowest BCUT2D eigenvalue weighted by atomic mass is 10.1. The van der Waals surface area contributed by atoms with Crippen molar-refractivity contribution in [2.24, 2.45) is 7.05 Å². The van der Waals surface area contributed by atoms with Gasteiger partial charge in [0.15, 0.2) is 5.65 Å². The first-order chi connectivity index (χ1) is 15.1. The van der Waals surface area contributed by atoms with Gasteiger partial charge in [-0.2, -0.15) is 5.10 Å². The summed E-state index contributed by atoms with van der Waals surface area (Å²) in [6.45, 7) is 4.29. The molecular weight excluding hydrogens is 390 g/mol. The van der Waals surface area contributed by atoms with Gasteiger partial charge >= 0.3 is 0 Å². The lowest BCUT2D eigenvalue weighted by molar-refractivity contribution is 0.775. The quantitative estimate of drug-likeness (QED) is 0.478. The Bertz CT molecular complexity index is 1260. The number of aryl methyl sites for hydroxylation is 1. The summed E-state index contributed by atoms with van der Waals surface area (Å²) in [5.74, 6) is 2.27. The molecule has 0 spiro atoms. The molecule has 2 N–H and O–H groups in total. The maximum absolute atomic E-state index is 4.64. The van der Waals surface area contributed by atoms with Crippen molar-refractivity contribution in [2.45, 2.75) is 39.2 Å². The second-order valence-electron chi connectivity index (χ2n) is 7.99. The summed E-state index contributed by atoms with van der Waals surface area (Å²) >= 11 is 0. The highest BCUT2D eigenvalue weighted by molar-refractivity contribution is 5.65. The fourth-order valence-corrected chi connectivity index (χ4v) is 3.44. The fourth-order valence-electron chi connectivity index (χ4n) is 3.44. The van der Waals surface area contributed by atoms with Crippen molar-refractivity contribution in [3.05, 3.63) is 60.0 Å². The van der Waals surface area contributed by atoms with Gasteiger partial charge in [-0.25, -0.2) is 9.97 Å². The largest absolute Gasteiger partial charge is 0.386 e. The number of hydrogen-bond donors (Lipinski definition) is 2. The number of nitrogens with zero attached hydrogens (tertiary/aromatic N) is 7. The molecule has 0 aliphatic heterocycles. The second-order valence-corrected chi connectivity index (χ2v) is 7.99. The van der Waals surface area contributed by atoms with Crippen molar-refractivity contribution in [1.29, 1.82) is 0 Å². The van der Waals surface area contributed by atoms with Crippen LogP contribution in [-0.4, -0.2) is 40.4 Å². The normalized spacial score (nSPS) is 14.5. The van der Waals surface area contributed by atoms with Gasteiger partial charge in [-0.15, -0.1) is 10.2 Å². The third kappa shape index (κ3) is 4.11. The van der Waals surface area contributed by atoms with Gasteiger partial charge in [0.1, 0.15) is 11.6 Å². The molecule has 4 aromatic rings. The van der Waals surface area contributed by atoms with Crippen LogP contribution in [0.25, 0.3) is 16.9 Å². The van der Waals surface area contributed by atoms with E-state index in [0.717, 1.165) is 35.0 Å². The molecule has 1 fully saturated rings. The summed E-state index contributed by atoms with van der Waals surface area (Å²) in [6, 6.07) is 8.44. The van der Waals surface area contributed by atoms with Gasteiger partial charge in [-0.05, 0) is 50.5 Å². The van der Waals surface area contributed by atoms with E-state index in [1.54, 1.807) is 17.1 Å². The van der Waals surface area contributed by atoms with Crippen LogP contribution in [-0.2, 0) is 13.5 Å². The molecule has 0 aromatic carbocycles. The smallest absolute Gasteiger partial charge is 0.228 e. The van der Waals surface area contributed by atoms with Crippen molar-refractivity contribution in [2.75, 3.05) is 5.32 Å². The fraction of sp³-hybridized carbons (Fsp3) is 0.318. The SMILES string of the molecule is C/C(Cc1nnc2cc(-c3ccnc(Nc4ccnn4C)n3)ccn12)=C(/C)NC1CC1. The molecule has 1 aliphatic rings. The molecule has 0 bridgehead atoms. The van der Waals surface area contributed by atoms with Crippen molar-refractivity contribution in [1.82, 2.24) is 39.7 Å². The summed E-state index contributed by atoms with van der Waals surface area (Å²) < 4.78 is 3.77. The summed E-state index contributed by atoms with van der Waals surface area (Å²) in [5.41, 5.74) is 5.10. The van der Waals surface area contributed by atoms with Crippen LogP contribution in [0.4, 0.5) is 11.8 Å². The van der Waals surface area contributed by atoms with Crippen LogP contribution in [0.3, 0.4) is 0 Å². The number of nitrogens with one attached hydrogen (secondary N) is 2. The Labute approximate surface area is 180 Å². The van der Waals surface area contributed by atoms with Gasteiger partial charge in [-0.3, -0.25) is 9.08 Å². The minimum Gasteiger partial charge on any atom is -0.386 e. The Hall–Kier alpha value is -3.75. The summed E-state index contributed by atoms with van der Waals surface area (Å²) in [5, 5.41) is 19.7. The molecule has 31 heavy (non-hydrogen) atoms. The molecule has 0 atom stereocenters. The lowest BCUT2D eigenvalue weighted by Crippen LogP contribution is -2.15. The molecular formula is C22H25N9. The third-order valence-electron chi connectivity index (χ3n) is 5.55. The van der Waals surface area contributed by atoms with Crippen molar-refractivity contribution in [3.8, 4) is 11.3 Å². The predicted molar refractivity (Wildman–Crippen MR) is 119 cm³/mol. The molecule has 9 nitrogen and oxygen atoms in total. The number of aromatic nitrogens is 7. The van der Waals surface area contributed by atoms with Crippen LogP contribution in [0.15, 0.2) is 54.1 Å². The first-order valence-corrected chi connectivity index (χ1v) is 10.4. The molecule has 0 unspecified atom stereocenters. The van der Waals surface area contributed by atoms with E-state index in [9.17, 15) is 0 Å². The monoisotopic (exact) mass is 415 g/mol. The minimum atomic E-state index is 0.516. The Kier molecular flexibility index (Phi) is 4.85. The highest BCUT2D eigenvalue weighted by atomic mass is 15.3. The van der Waals surface area contributed by atoms with E-state index in [1.807, 2.05) is 41.9 Å². The van der Waals surface area contributed by atoms with E-state index in [1.165, 1.54) is 24.1 Å². The zero-order valence-corrected chi connectivity index (χ0v) is 17.9. The van der Waals surface area contributed by atoms with Gasteiger partial charge in [0, 0.05) is 49.2 Å². The average Bonchev–Trinajstić information content (AvgIpc) is 3.37. The summed E-state index contributed by atoms with van der Waals surface area (Å²) in [4.78, 5) is 8.95. The molecule has 0 amide bonds. The van der Waals surface area contributed by atoms with Gasteiger partial charge < -0.3 is 10.6 Å². The Morgan fingerprint density at radius 1 is 1.13 bits per heavy atom. The van der Waals surface area contributed by atoms with Crippen LogP contribution in [0.2, 0.25) is 0 Å². The molecule has 158 valence electrons. The molecule has 0 saturated heterocycles. The van der Waals surface area contributed by atoms with Gasteiger partial charge in [-0.1, -0.05) is 0 Å². The third-order valence-corrected chi connectivity index (χ3v) is 5.55. The van der Waals surface area contributed by atoms with Crippen molar-refractivity contribution >= 4 is 17.4 Å². The zero-order chi connectivity index (χ0) is 21.4. The first kappa shape index (κ1) is 19.2. The maximum Gasteiger partial charge on any atom is 0.228 e. The molecule has 1 aliphatic carbocycles. The van der Waals surface area contributed by atoms with Crippen LogP contribution >= 0.6 is 0 Å². The number of pyridine rings is 1. The van der Waals surface area contributed by atoms with E-state index in [-0.39, 0.29) is 0 Å². The van der Waals surface area contributed by atoms with E-state index < -0.39 is 0 Å². The highest BCUT2D eigenvalue weighted by Gasteiger charge is 2.21. The number of hydrogen-bond acceptors (Lipinski definition) is 7. The first-order valence-electron chi connectivity index (χ1n) is 10.4. The van der Waals surface area contributed by atoms with E-state index in [4.69, 9.17) is 0 Å². The van der Waals surface area contributed by atoms with Crippen LogP contribution in [0.5, 0.6) is 0 Å². The lowest BCUT2D eigenvalue weighted by Gasteiger charge is -2.10. The predicted octanol–water partition coefficient (Wildman–Crippen LogP) is 3.25. The Morgan fingerprint density at radius 2 is 2.00 bits per heavy atom. The molecule has 4 heterocycles. The molecule has 5 rings (SSSR count). The summed E-state index contributed by atoms with van der Waals surface area (Å²) in [6.07, 6.45) is 8.77. The van der Waals surface area contributed by atoms with E-state index in [0.29, 0.717) is 12.0 Å². The van der Waals surface area contributed by atoms with E-state index in [2.05, 4.69) is 49.7 Å². The van der Waals surface area contributed by atoms with Gasteiger partial charge in [0.05, 0.1) is 11.9 Å². The number of rotatable bonds is 7. The Morgan fingerprint density at radius 3 is 2.77 bits per heavy atom. The van der Waals surface area contributed by atoms with Crippen molar-refractivity contribution in [3.63, 3.8) is 0 Å². The standard InChI is InChI=1S/C22H25N9/c1-14(15(2)25-17-4-5-17)12-20-28-29-21-13-16(8-11-31(20)21)18-6-9-23-22(26-18)27-19-7-10-24-30(19)3/h6-11,13,17,25H,4-5,12H2,1-3H3,(H,23,26,27)/b15-14+. The number of allylic oxidation sites excluding steroid dienone is 2. The molecule has 1 saturated carbocycles. The number of fused-ring (bicyclic) bond motifs is 1. The second kappa shape index (κ2) is 7.82. The van der Waals surface area contributed by atoms with Gasteiger partial charge in [0.25, 0.3) is 0 Å². The van der Waals surface area contributed by atoms with Crippen LogP contribution in [0.1, 0.15) is 32.5 Å². The maximum atomic E-state index is 4.64. The topological polar surface area (TPSA) is 97.9 Å². The molecule has 9 heteroatoms. The van der Waals surface area contributed by atoms with Crippen molar-refractivity contribution < 1.29 is 0 Å². The minimum absolute atomic E-state index is 0.516. The van der Waals surface area contributed by atoms with Gasteiger partial charge in [0.2, 0.25) is 5.95 Å². The average molecular weight is 416 g/mol. The highest BCUT2D eigenvalue weighted by Crippen LogP contribution is 2.23. The number of anilines is 2. The molecule has 0 radical (unpaired) electrons. The van der Waals surface area contributed by atoms with E-state index >= 15 is 0 Å². The zero-order valence-electron chi connectivity index (χ0n) is 17.9. The van der Waals surface area contributed by atoms with Crippen LogP contribution < -0.4 is 10.6 Å². The summed E-state index contributed by atoms with van der Waals surface area (Å²) in [7, 11) is 1.86. The Balaban J connectivity index is 1.38.